The molecule has 0 unspecified atom stereocenters. The molecule has 2 N–H and O–H groups in total. The molecule has 20 heavy (non-hydrogen) atoms. The lowest BCUT2D eigenvalue weighted by Gasteiger charge is -2.09. The second-order valence-corrected chi connectivity index (χ2v) is 4.36. The molecule has 0 spiro atoms. The Morgan fingerprint density at radius 3 is 2.40 bits per heavy atom. The number of amides is 1. The first-order valence-electron chi connectivity index (χ1n) is 6.11. The number of nitrogens with zero attached hydrogens (tertiary/aromatic N) is 2. The van der Waals surface area contributed by atoms with Crippen LogP contribution in [-0.4, -0.2) is 23.4 Å². The topological polar surface area (TPSA) is 76.1 Å². The van der Waals surface area contributed by atoms with Crippen molar-refractivity contribution >= 4 is 23.4 Å². The molecule has 1 aromatic carbocycles. The van der Waals surface area contributed by atoms with Crippen molar-refractivity contribution in [2.24, 2.45) is 0 Å². The van der Waals surface area contributed by atoms with Gasteiger partial charge in [0.2, 0.25) is 0 Å². The number of hydrogen-bond acceptors (Lipinski definition) is 5. The fourth-order valence-corrected chi connectivity index (χ4v) is 1.71. The number of rotatable bonds is 3. The van der Waals surface area contributed by atoms with E-state index in [1.807, 2.05) is 26.0 Å². The Bertz CT molecular complexity index is 611. The second-order valence-electron chi connectivity index (χ2n) is 4.36. The summed E-state index contributed by atoms with van der Waals surface area (Å²) in [4.78, 5) is 11.0. The quantitative estimate of drug-likeness (QED) is 0.898. The van der Waals surface area contributed by atoms with Crippen molar-refractivity contribution in [3.63, 3.8) is 0 Å². The number of aromatic nitrogens is 2. The molecule has 0 saturated heterocycles. The molecule has 0 atom stereocenters. The van der Waals surface area contributed by atoms with Gasteiger partial charge < -0.3 is 10.1 Å². The molecule has 2 aromatic rings. The SMILES string of the molecule is COC(=O)Nc1ccc(Nc2ccc(C)cc2C)nn1. The van der Waals surface area contributed by atoms with Crippen LogP contribution in [0.5, 0.6) is 0 Å². The van der Waals surface area contributed by atoms with Crippen molar-refractivity contribution in [3.8, 4) is 0 Å². The minimum absolute atomic E-state index is 0.336. The number of carbonyl (C=O) groups excluding carboxylic acids is 1. The zero-order valence-corrected chi connectivity index (χ0v) is 11.6. The maximum absolute atomic E-state index is 11.0. The van der Waals surface area contributed by atoms with Gasteiger partial charge in [0.25, 0.3) is 0 Å². The van der Waals surface area contributed by atoms with Gasteiger partial charge in [0.1, 0.15) is 0 Å². The van der Waals surface area contributed by atoms with Gasteiger partial charge in [-0.3, -0.25) is 5.32 Å². The third-order valence-corrected chi connectivity index (χ3v) is 2.72. The Labute approximate surface area is 117 Å². The molecule has 1 heterocycles. The van der Waals surface area contributed by atoms with E-state index < -0.39 is 6.09 Å². The normalized spacial score (nSPS) is 9.95. The molecule has 0 saturated carbocycles. The summed E-state index contributed by atoms with van der Waals surface area (Å²) < 4.78 is 4.47. The van der Waals surface area contributed by atoms with Crippen LogP contribution in [0.2, 0.25) is 0 Å². The van der Waals surface area contributed by atoms with Crippen LogP contribution < -0.4 is 10.6 Å². The zero-order chi connectivity index (χ0) is 14.5. The fraction of sp³-hybridized carbons (Fsp3) is 0.214. The molecule has 6 heteroatoms. The minimum Gasteiger partial charge on any atom is -0.453 e. The van der Waals surface area contributed by atoms with Gasteiger partial charge in [0, 0.05) is 5.69 Å². The first-order valence-corrected chi connectivity index (χ1v) is 6.11. The van der Waals surface area contributed by atoms with Crippen molar-refractivity contribution in [2.45, 2.75) is 13.8 Å². The summed E-state index contributed by atoms with van der Waals surface area (Å²) in [5.74, 6) is 0.940. The summed E-state index contributed by atoms with van der Waals surface area (Å²) in [5, 5.41) is 13.5. The van der Waals surface area contributed by atoms with E-state index in [2.05, 4.69) is 31.6 Å². The molecule has 2 rings (SSSR count). The summed E-state index contributed by atoms with van der Waals surface area (Å²) in [6, 6.07) is 9.49. The molecular weight excluding hydrogens is 256 g/mol. The minimum atomic E-state index is -0.575. The van der Waals surface area contributed by atoms with Gasteiger partial charge in [-0.1, -0.05) is 17.7 Å². The number of hydrogen-bond donors (Lipinski definition) is 2. The maximum atomic E-state index is 11.0. The summed E-state index contributed by atoms with van der Waals surface area (Å²) >= 11 is 0. The largest absolute Gasteiger partial charge is 0.453 e. The summed E-state index contributed by atoms with van der Waals surface area (Å²) in [6.07, 6.45) is -0.575. The molecule has 6 nitrogen and oxygen atoms in total. The molecule has 1 amide bonds. The van der Waals surface area contributed by atoms with E-state index in [-0.39, 0.29) is 0 Å². The van der Waals surface area contributed by atoms with Gasteiger partial charge in [-0.05, 0) is 37.6 Å². The van der Waals surface area contributed by atoms with Crippen LogP contribution >= 0.6 is 0 Å². The van der Waals surface area contributed by atoms with Crippen LogP contribution in [0.4, 0.5) is 22.1 Å². The van der Waals surface area contributed by atoms with Crippen molar-refractivity contribution in [2.75, 3.05) is 17.7 Å². The van der Waals surface area contributed by atoms with Gasteiger partial charge in [0.15, 0.2) is 11.6 Å². The molecule has 0 radical (unpaired) electrons. The molecule has 0 aliphatic carbocycles. The Morgan fingerprint density at radius 1 is 1.10 bits per heavy atom. The van der Waals surface area contributed by atoms with Crippen molar-refractivity contribution in [1.29, 1.82) is 0 Å². The number of nitrogens with one attached hydrogen (secondary N) is 2. The highest BCUT2D eigenvalue weighted by Gasteiger charge is 2.04. The Kier molecular flexibility index (Phi) is 4.14. The van der Waals surface area contributed by atoms with Crippen LogP contribution in [0.25, 0.3) is 0 Å². The molecule has 0 bridgehead atoms. The van der Waals surface area contributed by atoms with Gasteiger partial charge in [-0.25, -0.2) is 4.79 Å². The number of anilines is 3. The fourth-order valence-electron chi connectivity index (χ4n) is 1.71. The average Bonchev–Trinajstić information content (AvgIpc) is 2.44. The van der Waals surface area contributed by atoms with E-state index >= 15 is 0 Å². The zero-order valence-electron chi connectivity index (χ0n) is 11.6. The van der Waals surface area contributed by atoms with E-state index in [0.717, 1.165) is 11.3 Å². The predicted molar refractivity (Wildman–Crippen MR) is 77.3 cm³/mol. The van der Waals surface area contributed by atoms with E-state index in [1.165, 1.54) is 12.7 Å². The number of methoxy groups -OCH3 is 1. The van der Waals surface area contributed by atoms with Crippen LogP contribution in [-0.2, 0) is 4.74 Å². The molecule has 1 aromatic heterocycles. The van der Waals surface area contributed by atoms with Crippen molar-refractivity contribution in [1.82, 2.24) is 10.2 Å². The molecular formula is C14H16N4O2. The van der Waals surface area contributed by atoms with Crippen molar-refractivity contribution in [3.05, 3.63) is 41.5 Å². The van der Waals surface area contributed by atoms with Gasteiger partial charge in [0.05, 0.1) is 7.11 Å². The summed E-state index contributed by atoms with van der Waals surface area (Å²) in [6.45, 7) is 4.07. The van der Waals surface area contributed by atoms with Gasteiger partial charge >= 0.3 is 6.09 Å². The highest BCUT2D eigenvalue weighted by atomic mass is 16.5. The average molecular weight is 272 g/mol. The van der Waals surface area contributed by atoms with Crippen LogP contribution in [0.1, 0.15) is 11.1 Å². The lowest BCUT2D eigenvalue weighted by Crippen LogP contribution is -2.12. The van der Waals surface area contributed by atoms with Crippen LogP contribution in [0.3, 0.4) is 0 Å². The number of ether oxygens (including phenoxy) is 1. The molecule has 0 aliphatic rings. The maximum Gasteiger partial charge on any atom is 0.412 e. The third-order valence-electron chi connectivity index (χ3n) is 2.72. The van der Waals surface area contributed by atoms with E-state index in [1.54, 1.807) is 12.1 Å². The molecule has 104 valence electrons. The first-order chi connectivity index (χ1) is 9.58. The van der Waals surface area contributed by atoms with E-state index in [4.69, 9.17) is 0 Å². The monoisotopic (exact) mass is 272 g/mol. The van der Waals surface area contributed by atoms with Crippen molar-refractivity contribution < 1.29 is 9.53 Å². The Morgan fingerprint density at radius 2 is 1.80 bits per heavy atom. The standard InChI is InChI=1S/C14H16N4O2/c1-9-4-5-11(10(2)8-9)15-12-6-7-13(18-17-12)16-14(19)20-3/h4-8H,1-3H3,(H,15,17)(H,16,18,19). The predicted octanol–water partition coefficient (Wildman–Crippen LogP) is 3.02. The third kappa shape index (κ3) is 3.44. The highest BCUT2D eigenvalue weighted by molar-refractivity contribution is 5.83. The molecule has 0 aliphatic heterocycles. The van der Waals surface area contributed by atoms with Gasteiger partial charge in [-0.15, -0.1) is 10.2 Å². The van der Waals surface area contributed by atoms with E-state index in [9.17, 15) is 4.79 Å². The molecule has 0 fully saturated rings. The first kappa shape index (κ1) is 13.8. The Balaban J connectivity index is 2.08. The summed E-state index contributed by atoms with van der Waals surface area (Å²) in [7, 11) is 1.29. The van der Waals surface area contributed by atoms with E-state index in [0.29, 0.717) is 11.6 Å². The number of benzene rings is 1. The lowest BCUT2D eigenvalue weighted by atomic mass is 10.1. The lowest BCUT2D eigenvalue weighted by molar-refractivity contribution is 0.187. The second kappa shape index (κ2) is 6.01. The smallest absolute Gasteiger partial charge is 0.412 e. The Hall–Kier alpha value is -2.63. The summed E-state index contributed by atoms with van der Waals surface area (Å²) in [5.41, 5.74) is 3.30. The van der Waals surface area contributed by atoms with Gasteiger partial charge in [-0.2, -0.15) is 0 Å². The number of carbonyl (C=O) groups is 1. The van der Waals surface area contributed by atoms with Crippen LogP contribution in [0.15, 0.2) is 30.3 Å². The number of aryl methyl sites for hydroxylation is 2. The van der Waals surface area contributed by atoms with Crippen LogP contribution in [0, 0.1) is 13.8 Å². The highest BCUT2D eigenvalue weighted by Crippen LogP contribution is 2.20.